The molecule has 0 aromatic rings. The number of ether oxygens (including phenoxy) is 2. The number of hydrogen-bond acceptors (Lipinski definition) is 4. The predicted octanol–water partition coefficient (Wildman–Crippen LogP) is 2.56. The molecule has 0 rings (SSSR count). The van der Waals surface area contributed by atoms with Crippen LogP contribution in [0.5, 0.6) is 0 Å². The second kappa shape index (κ2) is 6.68. The Hall–Kier alpha value is -0.840. The Morgan fingerprint density at radius 1 is 1.44 bits per heavy atom. The van der Waals surface area contributed by atoms with E-state index in [0.717, 1.165) is 12.5 Å². The van der Waals surface area contributed by atoms with Gasteiger partial charge in [0.2, 0.25) is 6.29 Å². The van der Waals surface area contributed by atoms with Crippen molar-refractivity contribution in [3.05, 3.63) is 12.7 Å². The zero-order chi connectivity index (χ0) is 12.8. The van der Waals surface area contributed by atoms with E-state index in [9.17, 15) is 9.59 Å². The van der Waals surface area contributed by atoms with Crippen molar-refractivity contribution in [3.8, 4) is 0 Å². The minimum Gasteiger partial charge on any atom is -0.424 e. The van der Waals surface area contributed by atoms with Crippen molar-refractivity contribution >= 4 is 27.9 Å². The van der Waals surface area contributed by atoms with Crippen LogP contribution in [-0.4, -0.2) is 22.6 Å². The highest BCUT2D eigenvalue weighted by molar-refractivity contribution is 9.10. The van der Waals surface area contributed by atoms with Gasteiger partial charge < -0.3 is 9.47 Å². The summed E-state index contributed by atoms with van der Waals surface area (Å²) in [5, 5.41) is 0. The second-order valence-corrected chi connectivity index (χ2v) is 5.72. The summed E-state index contributed by atoms with van der Waals surface area (Å²) in [5.74, 6) is -1.07. The van der Waals surface area contributed by atoms with Gasteiger partial charge in [0, 0.05) is 12.5 Å². The van der Waals surface area contributed by atoms with E-state index in [-0.39, 0.29) is 0 Å². The lowest BCUT2D eigenvalue weighted by molar-refractivity contribution is -0.186. The Labute approximate surface area is 104 Å². The molecule has 16 heavy (non-hydrogen) atoms. The average Bonchev–Trinajstić information content (AvgIpc) is 2.16. The summed E-state index contributed by atoms with van der Waals surface area (Å²) in [6.07, 6.45) is 1.40. The molecule has 0 amide bonds. The van der Waals surface area contributed by atoms with E-state index in [1.165, 1.54) is 0 Å². The van der Waals surface area contributed by atoms with Gasteiger partial charge in [0.25, 0.3) is 0 Å². The van der Waals surface area contributed by atoms with E-state index >= 15 is 0 Å². The third-order valence-corrected chi connectivity index (χ3v) is 1.99. The number of esters is 2. The molecule has 0 heterocycles. The van der Waals surface area contributed by atoms with E-state index in [4.69, 9.17) is 9.47 Å². The minimum absolute atomic E-state index is 0.467. The predicted molar refractivity (Wildman–Crippen MR) is 64.1 cm³/mol. The van der Waals surface area contributed by atoms with Crippen LogP contribution in [0.15, 0.2) is 12.7 Å². The van der Waals surface area contributed by atoms with Gasteiger partial charge in [-0.1, -0.05) is 29.4 Å². The number of carbonyl (C=O) groups excluding carboxylic acids is 2. The van der Waals surface area contributed by atoms with E-state index < -0.39 is 22.6 Å². The zero-order valence-corrected chi connectivity index (χ0v) is 11.4. The molecule has 0 saturated carbocycles. The van der Waals surface area contributed by atoms with Gasteiger partial charge in [0.15, 0.2) is 0 Å². The van der Waals surface area contributed by atoms with Crippen LogP contribution in [0.25, 0.3) is 0 Å². The first-order valence-corrected chi connectivity index (χ1v) is 5.83. The van der Waals surface area contributed by atoms with Crippen LogP contribution < -0.4 is 0 Å². The lowest BCUT2D eigenvalue weighted by Gasteiger charge is -2.21. The van der Waals surface area contributed by atoms with Gasteiger partial charge in [-0.3, -0.25) is 4.79 Å². The quantitative estimate of drug-likeness (QED) is 0.327. The molecule has 0 aliphatic carbocycles. The minimum atomic E-state index is -0.847. The molecule has 92 valence electrons. The standard InChI is InChI=1S/C11H17BrO4/c1-5-7-9(15-8(13)6-2)16-10(14)11(3,4)12/h6,9H,2,5,7H2,1,3-4H3. The Morgan fingerprint density at radius 3 is 2.38 bits per heavy atom. The van der Waals surface area contributed by atoms with Gasteiger partial charge in [-0.2, -0.15) is 0 Å². The maximum atomic E-state index is 11.5. The molecular weight excluding hydrogens is 276 g/mol. The summed E-state index contributed by atoms with van der Waals surface area (Å²) in [6.45, 7) is 8.50. The highest BCUT2D eigenvalue weighted by atomic mass is 79.9. The van der Waals surface area contributed by atoms with E-state index in [0.29, 0.717) is 6.42 Å². The fourth-order valence-corrected chi connectivity index (χ4v) is 0.908. The molecule has 0 N–H and O–H groups in total. The summed E-state index contributed by atoms with van der Waals surface area (Å²) in [6, 6.07) is 0. The number of alkyl halides is 1. The second-order valence-electron chi connectivity index (χ2n) is 3.74. The molecule has 0 aliphatic rings. The fourth-order valence-electron chi connectivity index (χ4n) is 0.815. The van der Waals surface area contributed by atoms with Crippen LogP contribution in [0.3, 0.4) is 0 Å². The zero-order valence-electron chi connectivity index (χ0n) is 9.79. The lowest BCUT2D eigenvalue weighted by Crippen LogP contribution is -2.33. The van der Waals surface area contributed by atoms with Crippen LogP contribution in [0, 0.1) is 0 Å². The van der Waals surface area contributed by atoms with Crippen molar-refractivity contribution in [2.75, 3.05) is 0 Å². The smallest absolute Gasteiger partial charge is 0.333 e. The van der Waals surface area contributed by atoms with Crippen molar-refractivity contribution in [2.45, 2.75) is 44.2 Å². The Balaban J connectivity index is 4.39. The number of rotatable bonds is 6. The molecule has 0 aromatic carbocycles. The lowest BCUT2D eigenvalue weighted by atomic mass is 10.2. The van der Waals surface area contributed by atoms with Crippen molar-refractivity contribution < 1.29 is 19.1 Å². The highest BCUT2D eigenvalue weighted by Crippen LogP contribution is 2.19. The Kier molecular flexibility index (Phi) is 6.33. The summed E-state index contributed by atoms with van der Waals surface area (Å²) in [4.78, 5) is 22.5. The van der Waals surface area contributed by atoms with E-state index in [1.807, 2.05) is 6.92 Å². The normalized spacial score (nSPS) is 12.8. The van der Waals surface area contributed by atoms with Crippen LogP contribution in [-0.2, 0) is 19.1 Å². The number of carbonyl (C=O) groups is 2. The molecule has 1 unspecified atom stereocenters. The fraction of sp³-hybridized carbons (Fsp3) is 0.636. The first-order chi connectivity index (χ1) is 7.31. The summed E-state index contributed by atoms with van der Waals surface area (Å²) in [7, 11) is 0. The van der Waals surface area contributed by atoms with Crippen LogP contribution >= 0.6 is 15.9 Å². The molecule has 0 aliphatic heterocycles. The van der Waals surface area contributed by atoms with Crippen LogP contribution in [0.2, 0.25) is 0 Å². The monoisotopic (exact) mass is 292 g/mol. The maximum absolute atomic E-state index is 11.5. The average molecular weight is 293 g/mol. The molecular formula is C11H17BrO4. The SMILES string of the molecule is C=CC(=O)OC(CCC)OC(=O)C(C)(C)Br. The molecule has 0 fully saturated rings. The van der Waals surface area contributed by atoms with Gasteiger partial charge in [0.1, 0.15) is 4.32 Å². The summed E-state index contributed by atoms with van der Waals surface area (Å²) in [5.41, 5.74) is 0. The van der Waals surface area contributed by atoms with E-state index in [2.05, 4.69) is 22.5 Å². The Bertz CT molecular complexity index is 268. The van der Waals surface area contributed by atoms with Crippen molar-refractivity contribution in [1.82, 2.24) is 0 Å². The van der Waals surface area contributed by atoms with Gasteiger partial charge in [-0.25, -0.2) is 4.79 Å². The molecule has 4 nitrogen and oxygen atoms in total. The van der Waals surface area contributed by atoms with Crippen LogP contribution in [0.1, 0.15) is 33.6 Å². The first-order valence-electron chi connectivity index (χ1n) is 5.04. The van der Waals surface area contributed by atoms with Crippen molar-refractivity contribution in [1.29, 1.82) is 0 Å². The number of halogens is 1. The van der Waals surface area contributed by atoms with Crippen LogP contribution in [0.4, 0.5) is 0 Å². The number of hydrogen-bond donors (Lipinski definition) is 0. The maximum Gasteiger partial charge on any atom is 0.333 e. The topological polar surface area (TPSA) is 52.6 Å². The summed E-state index contributed by atoms with van der Waals surface area (Å²) < 4.78 is 9.14. The molecule has 0 bridgehead atoms. The third-order valence-electron chi connectivity index (χ3n) is 1.66. The van der Waals surface area contributed by atoms with Crippen molar-refractivity contribution in [2.24, 2.45) is 0 Å². The molecule has 1 atom stereocenters. The van der Waals surface area contributed by atoms with Crippen molar-refractivity contribution in [3.63, 3.8) is 0 Å². The van der Waals surface area contributed by atoms with E-state index in [1.54, 1.807) is 13.8 Å². The molecule has 0 spiro atoms. The molecule has 0 aromatic heterocycles. The summed E-state index contributed by atoms with van der Waals surface area (Å²) >= 11 is 3.17. The molecule has 5 heteroatoms. The highest BCUT2D eigenvalue weighted by Gasteiger charge is 2.29. The van der Waals surface area contributed by atoms with Gasteiger partial charge in [-0.15, -0.1) is 0 Å². The largest absolute Gasteiger partial charge is 0.424 e. The van der Waals surface area contributed by atoms with Gasteiger partial charge in [0.05, 0.1) is 0 Å². The van der Waals surface area contributed by atoms with Gasteiger partial charge >= 0.3 is 11.9 Å². The Morgan fingerprint density at radius 2 is 2.00 bits per heavy atom. The molecule has 0 saturated heterocycles. The van der Waals surface area contributed by atoms with Gasteiger partial charge in [-0.05, 0) is 20.3 Å². The molecule has 0 radical (unpaired) electrons. The third kappa shape index (κ3) is 5.90. The first kappa shape index (κ1) is 15.2.